The Kier molecular flexibility index (Phi) is 6.36. The first-order chi connectivity index (χ1) is 24.3. The minimum Gasteiger partial charge on any atom is -0.208 e. The molecule has 0 aliphatic rings. The molecule has 10 rings (SSSR count). The SMILES string of the molecule is c1ccc(-c2nc(-c3ccccc3)nc(-c3cc(-c4ccc5c(c4)sc4ccccc45)cc4c5ccccc5c5ccccc5c34)n2)cc1. The molecule has 3 nitrogen and oxygen atoms in total. The zero-order chi connectivity index (χ0) is 32.3. The van der Waals surface area contributed by atoms with Crippen LogP contribution in [0.25, 0.3) is 97.8 Å². The van der Waals surface area contributed by atoms with Gasteiger partial charge in [0.15, 0.2) is 17.5 Å². The Balaban J connectivity index is 1.33. The third-order valence-electron chi connectivity index (χ3n) is 9.49. The van der Waals surface area contributed by atoms with Gasteiger partial charge in [-0.2, -0.15) is 0 Å². The molecule has 49 heavy (non-hydrogen) atoms. The molecule has 0 aliphatic carbocycles. The van der Waals surface area contributed by atoms with Crippen LogP contribution in [-0.4, -0.2) is 15.0 Å². The topological polar surface area (TPSA) is 38.7 Å². The van der Waals surface area contributed by atoms with Gasteiger partial charge in [0, 0.05) is 42.2 Å². The lowest BCUT2D eigenvalue weighted by molar-refractivity contribution is 1.08. The third-order valence-corrected chi connectivity index (χ3v) is 10.6. The Morgan fingerprint density at radius 2 is 0.816 bits per heavy atom. The second-order valence-corrected chi connectivity index (χ2v) is 13.5. The summed E-state index contributed by atoms with van der Waals surface area (Å²) >= 11 is 1.85. The number of hydrogen-bond donors (Lipinski definition) is 0. The van der Waals surface area contributed by atoms with E-state index >= 15 is 0 Å². The standard InChI is InChI=1S/C45H27N3S/c1-3-13-28(14-4-1)43-46-44(29-15-5-2-6-16-29)48-45(47-43)39-26-31(30-23-24-36-35-20-11-12-22-40(35)49-41(36)27-30)25-38-34-19-8-7-17-32(34)33-18-9-10-21-37(33)42(38)39/h1-27H. The summed E-state index contributed by atoms with van der Waals surface area (Å²) in [5, 5.41) is 9.76. The van der Waals surface area contributed by atoms with Crippen LogP contribution in [0.15, 0.2) is 164 Å². The van der Waals surface area contributed by atoms with Crippen LogP contribution >= 0.6 is 11.3 Å². The normalized spacial score (nSPS) is 11.7. The third kappa shape index (κ3) is 4.61. The van der Waals surface area contributed by atoms with E-state index in [0.29, 0.717) is 17.5 Å². The van der Waals surface area contributed by atoms with Crippen LogP contribution in [0.1, 0.15) is 0 Å². The Morgan fingerprint density at radius 1 is 0.306 bits per heavy atom. The van der Waals surface area contributed by atoms with Gasteiger partial charge in [-0.3, -0.25) is 0 Å². The number of hydrogen-bond acceptors (Lipinski definition) is 4. The molecule has 0 unspecified atom stereocenters. The Morgan fingerprint density at radius 3 is 1.49 bits per heavy atom. The van der Waals surface area contributed by atoms with Gasteiger partial charge in [-0.05, 0) is 62.3 Å². The molecule has 8 aromatic carbocycles. The van der Waals surface area contributed by atoms with Crippen molar-refractivity contribution in [2.24, 2.45) is 0 Å². The highest BCUT2D eigenvalue weighted by Crippen LogP contribution is 2.44. The summed E-state index contributed by atoms with van der Waals surface area (Å²) in [6.07, 6.45) is 0. The average Bonchev–Trinajstić information content (AvgIpc) is 3.56. The number of rotatable bonds is 4. The van der Waals surface area contributed by atoms with E-state index in [0.717, 1.165) is 27.6 Å². The van der Waals surface area contributed by atoms with E-state index in [4.69, 9.17) is 15.0 Å². The van der Waals surface area contributed by atoms with Crippen LogP contribution < -0.4 is 0 Å². The van der Waals surface area contributed by atoms with Crippen LogP contribution in [0.4, 0.5) is 0 Å². The minimum atomic E-state index is 0.653. The molecule has 0 spiro atoms. The Hall–Kier alpha value is -6.23. The number of aromatic nitrogens is 3. The van der Waals surface area contributed by atoms with Gasteiger partial charge in [0.25, 0.3) is 0 Å². The van der Waals surface area contributed by atoms with Gasteiger partial charge in [0.1, 0.15) is 0 Å². The Labute approximate surface area is 286 Å². The van der Waals surface area contributed by atoms with Crippen LogP contribution in [0.3, 0.4) is 0 Å². The highest BCUT2D eigenvalue weighted by atomic mass is 32.1. The van der Waals surface area contributed by atoms with Crippen molar-refractivity contribution in [2.75, 3.05) is 0 Å². The van der Waals surface area contributed by atoms with E-state index in [1.54, 1.807) is 0 Å². The predicted octanol–water partition coefficient (Wildman–Crippen LogP) is 12.4. The summed E-state index contributed by atoms with van der Waals surface area (Å²) in [4.78, 5) is 15.5. The average molecular weight is 642 g/mol. The molecule has 0 saturated carbocycles. The van der Waals surface area contributed by atoms with E-state index in [9.17, 15) is 0 Å². The van der Waals surface area contributed by atoms with Crippen LogP contribution in [-0.2, 0) is 0 Å². The van der Waals surface area contributed by atoms with Crippen LogP contribution in [0.2, 0.25) is 0 Å². The molecular weight excluding hydrogens is 615 g/mol. The van der Waals surface area contributed by atoms with E-state index in [-0.39, 0.29) is 0 Å². The summed E-state index contributed by atoms with van der Waals surface area (Å²) < 4.78 is 2.58. The molecule has 0 bridgehead atoms. The maximum absolute atomic E-state index is 5.23. The fraction of sp³-hybridized carbons (Fsp3) is 0. The van der Waals surface area contributed by atoms with E-state index in [1.165, 1.54) is 52.7 Å². The first-order valence-corrected chi connectivity index (χ1v) is 17.3. The second-order valence-electron chi connectivity index (χ2n) is 12.4. The molecular formula is C45H27N3S. The molecule has 10 aromatic rings. The maximum atomic E-state index is 5.23. The summed E-state index contributed by atoms with van der Waals surface area (Å²) in [7, 11) is 0. The molecule has 4 heteroatoms. The molecule has 228 valence electrons. The van der Waals surface area contributed by atoms with Crippen molar-refractivity contribution in [1.82, 2.24) is 15.0 Å². The van der Waals surface area contributed by atoms with Gasteiger partial charge in [-0.1, -0.05) is 140 Å². The largest absolute Gasteiger partial charge is 0.208 e. The Bertz CT molecular complexity index is 2820. The summed E-state index contributed by atoms with van der Waals surface area (Å²) in [6.45, 7) is 0. The maximum Gasteiger partial charge on any atom is 0.164 e. The van der Waals surface area contributed by atoms with Crippen LogP contribution in [0.5, 0.6) is 0 Å². The molecule has 2 aromatic heterocycles. The van der Waals surface area contributed by atoms with Crippen molar-refractivity contribution in [3.63, 3.8) is 0 Å². The fourth-order valence-corrected chi connectivity index (χ4v) is 8.36. The van der Waals surface area contributed by atoms with Gasteiger partial charge in [-0.25, -0.2) is 15.0 Å². The molecule has 2 heterocycles. The fourth-order valence-electron chi connectivity index (χ4n) is 7.21. The lowest BCUT2D eigenvalue weighted by Gasteiger charge is -2.17. The summed E-state index contributed by atoms with van der Waals surface area (Å²) in [5.41, 5.74) is 5.19. The molecule has 0 fully saturated rings. The zero-order valence-corrected chi connectivity index (χ0v) is 27.2. The van der Waals surface area contributed by atoms with E-state index < -0.39 is 0 Å². The molecule has 0 N–H and O–H groups in total. The second kappa shape index (κ2) is 11.2. The highest BCUT2D eigenvalue weighted by molar-refractivity contribution is 7.25. The number of benzene rings is 8. The monoisotopic (exact) mass is 641 g/mol. The van der Waals surface area contributed by atoms with Gasteiger partial charge in [0.2, 0.25) is 0 Å². The molecule has 0 radical (unpaired) electrons. The van der Waals surface area contributed by atoms with Crippen molar-refractivity contribution in [2.45, 2.75) is 0 Å². The molecule has 0 atom stereocenters. The van der Waals surface area contributed by atoms with Crippen molar-refractivity contribution >= 4 is 63.8 Å². The lowest BCUT2D eigenvalue weighted by Crippen LogP contribution is -2.01. The van der Waals surface area contributed by atoms with Gasteiger partial charge < -0.3 is 0 Å². The first kappa shape index (κ1) is 27.8. The molecule has 0 amide bonds. The van der Waals surface area contributed by atoms with Crippen molar-refractivity contribution in [3.8, 4) is 45.3 Å². The predicted molar refractivity (Wildman–Crippen MR) is 207 cm³/mol. The smallest absolute Gasteiger partial charge is 0.164 e. The molecule has 0 saturated heterocycles. The van der Waals surface area contributed by atoms with E-state index in [1.807, 2.05) is 47.7 Å². The highest BCUT2D eigenvalue weighted by Gasteiger charge is 2.20. The molecule has 0 aliphatic heterocycles. The van der Waals surface area contributed by atoms with Crippen molar-refractivity contribution < 1.29 is 0 Å². The number of fused-ring (bicyclic) bond motifs is 9. The van der Waals surface area contributed by atoms with Gasteiger partial charge in [-0.15, -0.1) is 11.3 Å². The van der Waals surface area contributed by atoms with Crippen molar-refractivity contribution in [3.05, 3.63) is 164 Å². The first-order valence-electron chi connectivity index (χ1n) is 16.4. The van der Waals surface area contributed by atoms with Crippen molar-refractivity contribution in [1.29, 1.82) is 0 Å². The zero-order valence-electron chi connectivity index (χ0n) is 26.3. The number of nitrogens with zero attached hydrogens (tertiary/aromatic N) is 3. The van der Waals surface area contributed by atoms with Crippen LogP contribution in [0, 0.1) is 0 Å². The van der Waals surface area contributed by atoms with Gasteiger partial charge >= 0.3 is 0 Å². The quantitative estimate of drug-likeness (QED) is 0.180. The number of thiophene rings is 1. The van der Waals surface area contributed by atoms with Gasteiger partial charge in [0.05, 0.1) is 0 Å². The minimum absolute atomic E-state index is 0.653. The summed E-state index contributed by atoms with van der Waals surface area (Å²) in [5.74, 6) is 1.96. The lowest BCUT2D eigenvalue weighted by atomic mass is 9.88. The van der Waals surface area contributed by atoms with E-state index in [2.05, 4.69) is 127 Å². The summed E-state index contributed by atoms with van der Waals surface area (Å²) in [6, 6.07) is 58.0.